The number of hydrogen-bond donors (Lipinski definition) is 0. The van der Waals surface area contributed by atoms with Crippen LogP contribution >= 0.6 is 0 Å². The second kappa shape index (κ2) is 18.2. The lowest BCUT2D eigenvalue weighted by Crippen LogP contribution is -1.82. The first kappa shape index (κ1) is 24.7. The molecule has 30 heavy (non-hydrogen) atoms. The topological polar surface area (TPSA) is 0 Å². The van der Waals surface area contributed by atoms with Crippen LogP contribution < -0.4 is 0 Å². The van der Waals surface area contributed by atoms with Crippen molar-refractivity contribution in [2.24, 2.45) is 11.8 Å². The van der Waals surface area contributed by atoms with Crippen LogP contribution in [0.15, 0.2) is 72.9 Å². The molecular weight excluding hydrogens is 360 g/mol. The summed E-state index contributed by atoms with van der Waals surface area (Å²) < 4.78 is 0. The summed E-state index contributed by atoms with van der Waals surface area (Å²) in [6.07, 6.45) is 48.7. The second-order valence-electron chi connectivity index (χ2n) is 9.08. The van der Waals surface area contributed by atoms with Crippen molar-refractivity contribution in [3.05, 3.63) is 72.9 Å². The van der Waals surface area contributed by atoms with Gasteiger partial charge in [0, 0.05) is 0 Å². The van der Waals surface area contributed by atoms with Gasteiger partial charge in [-0.25, -0.2) is 0 Å². The van der Waals surface area contributed by atoms with Crippen molar-refractivity contribution in [3.8, 4) is 0 Å². The monoisotopic (exact) mass is 406 g/mol. The fourth-order valence-corrected chi connectivity index (χ4v) is 4.40. The molecule has 0 aromatic heterocycles. The molecule has 0 aromatic carbocycles. The van der Waals surface area contributed by atoms with E-state index in [1.54, 1.807) is 0 Å². The molecule has 6 aliphatic carbocycles. The maximum Gasteiger partial charge on any atom is -0.0163 e. The Hall–Kier alpha value is -1.56. The smallest absolute Gasteiger partial charge is 0.0163 e. The number of allylic oxidation sites excluding steroid dienone is 12. The molecule has 166 valence electrons. The number of hydrogen-bond acceptors (Lipinski definition) is 0. The Balaban J connectivity index is 0.000000135. The van der Waals surface area contributed by atoms with Crippen LogP contribution in [0.1, 0.15) is 103 Å². The van der Waals surface area contributed by atoms with Crippen LogP contribution in [-0.4, -0.2) is 0 Å². The van der Waals surface area contributed by atoms with Gasteiger partial charge in [0.2, 0.25) is 0 Å². The Kier molecular flexibility index (Phi) is 15.0. The fourth-order valence-electron chi connectivity index (χ4n) is 4.40. The Morgan fingerprint density at radius 2 is 0.800 bits per heavy atom. The lowest BCUT2D eigenvalue weighted by molar-refractivity contribution is 0.691. The maximum atomic E-state index is 2.38. The van der Waals surface area contributed by atoms with Crippen molar-refractivity contribution in [3.63, 3.8) is 0 Å². The SMILES string of the molecule is C1=CC2CCC1C2.C1=CCC=C1.C1=CCCC1.C1=CCCCC1.C1=CCCCCC1. The third-order valence-corrected chi connectivity index (χ3v) is 6.30. The van der Waals surface area contributed by atoms with Crippen LogP contribution in [-0.2, 0) is 0 Å². The van der Waals surface area contributed by atoms with Gasteiger partial charge in [-0.05, 0) is 108 Å². The van der Waals surface area contributed by atoms with E-state index in [1.165, 1.54) is 96.3 Å². The highest BCUT2D eigenvalue weighted by Crippen LogP contribution is 2.38. The molecule has 0 amide bonds. The van der Waals surface area contributed by atoms with Crippen LogP contribution in [0.4, 0.5) is 0 Å². The van der Waals surface area contributed by atoms with Gasteiger partial charge in [0.05, 0.1) is 0 Å². The van der Waals surface area contributed by atoms with Gasteiger partial charge in [-0.3, -0.25) is 0 Å². The highest BCUT2D eigenvalue weighted by Gasteiger charge is 2.25. The Bertz CT molecular complexity index is 525. The van der Waals surface area contributed by atoms with E-state index in [4.69, 9.17) is 0 Å². The van der Waals surface area contributed by atoms with Crippen molar-refractivity contribution >= 4 is 0 Å². The standard InChI is InChI=1S/C7H10.C7H12.C6H10.C5H8.C5H6/c1-2-7-4-3-6(1)5-7;1-2-4-6-7-5-3-1;1-2-4-6-5-3-1;2*1-2-4-5-3-1/h1-2,6-7H,3-5H2;1-2H,3-7H2;1-2H,3-6H2;1-2H,3-5H2;1-4H,5H2. The number of rotatable bonds is 0. The molecular formula is C30H46. The second-order valence-corrected chi connectivity index (χ2v) is 9.08. The van der Waals surface area contributed by atoms with Crippen LogP contribution in [0.3, 0.4) is 0 Å². The first-order valence-corrected chi connectivity index (χ1v) is 12.9. The summed E-state index contributed by atoms with van der Waals surface area (Å²) in [6.45, 7) is 0. The van der Waals surface area contributed by atoms with Crippen molar-refractivity contribution < 1.29 is 0 Å². The molecule has 0 N–H and O–H groups in total. The minimum atomic E-state index is 0.991. The molecule has 0 aromatic rings. The molecule has 2 unspecified atom stereocenters. The molecule has 0 aliphatic heterocycles. The largest absolute Gasteiger partial charge is 0.0885 e. The van der Waals surface area contributed by atoms with E-state index in [-0.39, 0.29) is 0 Å². The predicted molar refractivity (Wildman–Crippen MR) is 136 cm³/mol. The van der Waals surface area contributed by atoms with E-state index in [1.807, 2.05) is 0 Å². The van der Waals surface area contributed by atoms with E-state index < -0.39 is 0 Å². The first-order valence-electron chi connectivity index (χ1n) is 12.9. The molecule has 6 rings (SSSR count). The molecule has 2 bridgehead atoms. The van der Waals surface area contributed by atoms with E-state index in [2.05, 4.69) is 72.9 Å². The van der Waals surface area contributed by atoms with Gasteiger partial charge in [-0.15, -0.1) is 0 Å². The maximum absolute atomic E-state index is 2.38. The van der Waals surface area contributed by atoms with Crippen molar-refractivity contribution in [2.45, 2.75) is 103 Å². The van der Waals surface area contributed by atoms with E-state index in [0.29, 0.717) is 0 Å². The van der Waals surface area contributed by atoms with Gasteiger partial charge in [-0.1, -0.05) is 79.3 Å². The zero-order valence-corrected chi connectivity index (χ0v) is 19.4. The van der Waals surface area contributed by atoms with Crippen LogP contribution in [0.25, 0.3) is 0 Å². The fraction of sp³-hybridized carbons (Fsp3) is 0.600. The minimum absolute atomic E-state index is 0.991. The Labute approximate surface area is 187 Å². The van der Waals surface area contributed by atoms with Crippen LogP contribution in [0.5, 0.6) is 0 Å². The third-order valence-electron chi connectivity index (χ3n) is 6.30. The summed E-state index contributed by atoms with van der Waals surface area (Å²) in [6, 6.07) is 0. The van der Waals surface area contributed by atoms with Crippen molar-refractivity contribution in [1.29, 1.82) is 0 Å². The molecule has 0 nitrogen and oxygen atoms in total. The van der Waals surface area contributed by atoms with Crippen molar-refractivity contribution in [1.82, 2.24) is 0 Å². The van der Waals surface area contributed by atoms with E-state index in [9.17, 15) is 0 Å². The van der Waals surface area contributed by atoms with Crippen LogP contribution in [0, 0.1) is 11.8 Å². The summed E-state index contributed by atoms with van der Waals surface area (Å²) in [5.74, 6) is 1.98. The Morgan fingerprint density at radius 3 is 1.03 bits per heavy atom. The zero-order valence-electron chi connectivity index (χ0n) is 19.4. The van der Waals surface area contributed by atoms with Crippen LogP contribution in [0.2, 0.25) is 0 Å². The quantitative estimate of drug-likeness (QED) is 0.351. The lowest BCUT2D eigenvalue weighted by atomic mass is 10.1. The highest BCUT2D eigenvalue weighted by molar-refractivity contribution is 5.12. The average molecular weight is 407 g/mol. The molecule has 1 saturated carbocycles. The van der Waals surface area contributed by atoms with E-state index >= 15 is 0 Å². The summed E-state index contributed by atoms with van der Waals surface area (Å²) in [5, 5.41) is 0. The van der Waals surface area contributed by atoms with E-state index in [0.717, 1.165) is 18.3 Å². The molecule has 0 heterocycles. The summed E-state index contributed by atoms with van der Waals surface area (Å²) in [7, 11) is 0. The summed E-state index contributed by atoms with van der Waals surface area (Å²) in [5.41, 5.74) is 0. The zero-order chi connectivity index (χ0) is 21.0. The van der Waals surface area contributed by atoms with Gasteiger partial charge in [-0.2, -0.15) is 0 Å². The third kappa shape index (κ3) is 13.6. The minimum Gasteiger partial charge on any atom is -0.0885 e. The van der Waals surface area contributed by atoms with Gasteiger partial charge in [0.25, 0.3) is 0 Å². The van der Waals surface area contributed by atoms with Gasteiger partial charge in [0.15, 0.2) is 0 Å². The molecule has 0 spiro atoms. The molecule has 1 fully saturated rings. The normalized spacial score (nSPS) is 26.4. The summed E-state index contributed by atoms with van der Waals surface area (Å²) in [4.78, 5) is 0. The van der Waals surface area contributed by atoms with Crippen molar-refractivity contribution in [2.75, 3.05) is 0 Å². The Morgan fingerprint density at radius 1 is 0.400 bits per heavy atom. The molecule has 0 radical (unpaired) electrons. The number of fused-ring (bicyclic) bond motifs is 2. The van der Waals surface area contributed by atoms with Gasteiger partial charge >= 0.3 is 0 Å². The molecule has 2 atom stereocenters. The first-order chi connectivity index (χ1) is 14.9. The summed E-state index contributed by atoms with van der Waals surface area (Å²) >= 11 is 0. The highest BCUT2D eigenvalue weighted by atomic mass is 14.3. The van der Waals surface area contributed by atoms with Gasteiger partial charge in [0.1, 0.15) is 0 Å². The molecule has 0 heteroatoms. The molecule has 6 aliphatic rings. The lowest BCUT2D eigenvalue weighted by Gasteiger charge is -1.97. The molecule has 0 saturated heterocycles. The predicted octanol–water partition coefficient (Wildman–Crippen LogP) is 9.82. The average Bonchev–Trinajstić information content (AvgIpc) is 3.63. The van der Waals surface area contributed by atoms with Gasteiger partial charge < -0.3 is 0 Å².